The molecule has 1 heterocycles. The van der Waals surface area contributed by atoms with E-state index in [0.717, 1.165) is 19.6 Å². The Morgan fingerprint density at radius 3 is 2.95 bits per heavy atom. The Bertz CT molecular complexity index is 508. The maximum Gasteiger partial charge on any atom is 0.265 e. The number of halogens is 1. The van der Waals surface area contributed by atoms with Crippen molar-refractivity contribution in [2.24, 2.45) is 11.8 Å². The summed E-state index contributed by atoms with van der Waals surface area (Å²) in [6.45, 7) is 3.62. The predicted molar refractivity (Wildman–Crippen MR) is 80.0 cm³/mol. The van der Waals surface area contributed by atoms with Crippen molar-refractivity contribution in [2.75, 3.05) is 33.7 Å². The molecule has 1 amide bonds. The molecule has 1 aromatic rings. The number of carbonyl (C=O) groups excluding carboxylic acids is 1. The fourth-order valence-electron chi connectivity index (χ4n) is 2.89. The summed E-state index contributed by atoms with van der Waals surface area (Å²) < 4.78 is 13.9. The fraction of sp³-hybridized carbons (Fsp3) is 0.533. The van der Waals surface area contributed by atoms with Gasteiger partial charge in [0.2, 0.25) is 0 Å². The minimum Gasteiger partial charge on any atom is -0.306 e. The van der Waals surface area contributed by atoms with Crippen LogP contribution in [0, 0.1) is 11.7 Å². The average molecular weight is 294 g/mol. The molecule has 1 aliphatic rings. The first-order valence-corrected chi connectivity index (χ1v) is 7.16. The molecule has 0 aliphatic carbocycles. The summed E-state index contributed by atoms with van der Waals surface area (Å²) in [6.07, 6.45) is 1.18. The Balaban J connectivity index is 1.99. The van der Waals surface area contributed by atoms with Gasteiger partial charge in [-0.15, -0.1) is 0 Å². The SMILES string of the molecule is CN1CCC(CN(C)Cc2cc(C(=O)NN)ccc2F)C1. The lowest BCUT2D eigenvalue weighted by molar-refractivity contribution is 0.0953. The molecule has 1 fully saturated rings. The molecule has 0 aromatic heterocycles. The van der Waals surface area contributed by atoms with E-state index in [1.807, 2.05) is 7.05 Å². The lowest BCUT2D eigenvalue weighted by atomic mass is 10.1. The first-order chi connectivity index (χ1) is 9.99. The highest BCUT2D eigenvalue weighted by Gasteiger charge is 2.21. The van der Waals surface area contributed by atoms with Crippen LogP contribution in [0.1, 0.15) is 22.3 Å². The topological polar surface area (TPSA) is 61.6 Å². The third-order valence-corrected chi connectivity index (χ3v) is 3.94. The molecule has 116 valence electrons. The second kappa shape index (κ2) is 6.98. The number of nitrogens with one attached hydrogen (secondary N) is 1. The van der Waals surface area contributed by atoms with Crippen LogP contribution in [0.4, 0.5) is 4.39 Å². The van der Waals surface area contributed by atoms with Crippen molar-refractivity contribution in [1.29, 1.82) is 0 Å². The van der Waals surface area contributed by atoms with Gasteiger partial charge in [-0.25, -0.2) is 10.2 Å². The highest BCUT2D eigenvalue weighted by atomic mass is 19.1. The fourth-order valence-corrected chi connectivity index (χ4v) is 2.89. The highest BCUT2D eigenvalue weighted by molar-refractivity contribution is 5.93. The van der Waals surface area contributed by atoms with E-state index in [0.29, 0.717) is 23.6 Å². The maximum absolute atomic E-state index is 13.9. The van der Waals surface area contributed by atoms with Crippen molar-refractivity contribution in [3.8, 4) is 0 Å². The zero-order valence-electron chi connectivity index (χ0n) is 12.6. The number of likely N-dealkylation sites (tertiary alicyclic amines) is 1. The summed E-state index contributed by atoms with van der Waals surface area (Å²) >= 11 is 0. The highest BCUT2D eigenvalue weighted by Crippen LogP contribution is 2.18. The smallest absolute Gasteiger partial charge is 0.265 e. The van der Waals surface area contributed by atoms with Crippen LogP contribution in [0.3, 0.4) is 0 Å². The third-order valence-electron chi connectivity index (χ3n) is 3.94. The van der Waals surface area contributed by atoms with Gasteiger partial charge in [0.25, 0.3) is 5.91 Å². The van der Waals surface area contributed by atoms with Gasteiger partial charge >= 0.3 is 0 Å². The standard InChI is InChI=1S/C15H23FN4O/c1-19-6-5-11(8-19)9-20(2)10-13-7-12(15(21)18-17)3-4-14(13)16/h3-4,7,11H,5-6,8-10,17H2,1-2H3,(H,18,21). The number of hydrogen-bond acceptors (Lipinski definition) is 4. The number of amides is 1. The Labute approximate surface area is 124 Å². The number of hydrogen-bond donors (Lipinski definition) is 2. The van der Waals surface area contributed by atoms with Gasteiger partial charge in [0.15, 0.2) is 0 Å². The van der Waals surface area contributed by atoms with Crippen LogP contribution in [0.15, 0.2) is 18.2 Å². The largest absolute Gasteiger partial charge is 0.306 e. The van der Waals surface area contributed by atoms with Crippen molar-refractivity contribution in [3.05, 3.63) is 35.1 Å². The molecular weight excluding hydrogens is 271 g/mol. The molecule has 3 N–H and O–H groups in total. The molecule has 1 atom stereocenters. The zero-order valence-corrected chi connectivity index (χ0v) is 12.6. The number of nitrogen functional groups attached to an aromatic ring is 1. The van der Waals surface area contributed by atoms with Crippen LogP contribution >= 0.6 is 0 Å². The van der Waals surface area contributed by atoms with Gasteiger partial charge in [-0.3, -0.25) is 10.2 Å². The van der Waals surface area contributed by atoms with E-state index < -0.39 is 5.91 Å². The minimum absolute atomic E-state index is 0.293. The van der Waals surface area contributed by atoms with Gasteiger partial charge in [0.1, 0.15) is 5.82 Å². The number of rotatable bonds is 5. The van der Waals surface area contributed by atoms with E-state index in [4.69, 9.17) is 5.84 Å². The van der Waals surface area contributed by atoms with Crippen LogP contribution in [0.5, 0.6) is 0 Å². The zero-order chi connectivity index (χ0) is 15.4. The van der Waals surface area contributed by atoms with E-state index in [1.165, 1.54) is 18.6 Å². The molecule has 6 heteroatoms. The quantitative estimate of drug-likeness (QED) is 0.479. The van der Waals surface area contributed by atoms with Gasteiger partial charge < -0.3 is 9.80 Å². The first-order valence-electron chi connectivity index (χ1n) is 7.16. The number of benzene rings is 1. The minimum atomic E-state index is -0.406. The Hall–Kier alpha value is -1.50. The number of carbonyl (C=O) groups is 1. The Kier molecular flexibility index (Phi) is 5.27. The van der Waals surface area contributed by atoms with Crippen LogP contribution in [-0.4, -0.2) is 49.4 Å². The second-order valence-electron chi connectivity index (χ2n) is 5.89. The lowest BCUT2D eigenvalue weighted by Crippen LogP contribution is -2.30. The van der Waals surface area contributed by atoms with Crippen molar-refractivity contribution < 1.29 is 9.18 Å². The predicted octanol–water partition coefficient (Wildman–Crippen LogP) is 0.813. The van der Waals surface area contributed by atoms with E-state index >= 15 is 0 Å². The molecule has 1 aliphatic heterocycles. The summed E-state index contributed by atoms with van der Waals surface area (Å²) in [6, 6.07) is 4.32. The molecule has 0 spiro atoms. The van der Waals surface area contributed by atoms with Crippen molar-refractivity contribution in [1.82, 2.24) is 15.2 Å². The van der Waals surface area contributed by atoms with E-state index in [2.05, 4.69) is 22.3 Å². The summed E-state index contributed by atoms with van der Waals surface area (Å²) in [4.78, 5) is 15.9. The number of nitrogens with two attached hydrogens (primary N) is 1. The molecule has 0 radical (unpaired) electrons. The first kappa shape index (κ1) is 15.9. The molecule has 1 unspecified atom stereocenters. The summed E-state index contributed by atoms with van der Waals surface area (Å²) in [5.74, 6) is 5.03. The third kappa shape index (κ3) is 4.23. The monoisotopic (exact) mass is 294 g/mol. The van der Waals surface area contributed by atoms with Crippen molar-refractivity contribution >= 4 is 5.91 Å². The van der Waals surface area contributed by atoms with Gasteiger partial charge in [-0.05, 0) is 51.2 Å². The molecule has 0 saturated carbocycles. The summed E-state index contributed by atoms with van der Waals surface area (Å²) in [5, 5.41) is 0. The average Bonchev–Trinajstić information content (AvgIpc) is 2.85. The normalized spacial score (nSPS) is 19.2. The van der Waals surface area contributed by atoms with Gasteiger partial charge in [0.05, 0.1) is 0 Å². The van der Waals surface area contributed by atoms with Crippen LogP contribution in [-0.2, 0) is 6.54 Å². The molecule has 1 aromatic carbocycles. The molecular formula is C15H23FN4O. The van der Waals surface area contributed by atoms with Gasteiger partial charge in [0, 0.05) is 30.8 Å². The molecule has 5 nitrogen and oxygen atoms in total. The Morgan fingerprint density at radius 1 is 1.57 bits per heavy atom. The van der Waals surface area contributed by atoms with Crippen LogP contribution in [0.25, 0.3) is 0 Å². The van der Waals surface area contributed by atoms with Gasteiger partial charge in [-0.1, -0.05) is 0 Å². The molecule has 21 heavy (non-hydrogen) atoms. The lowest BCUT2D eigenvalue weighted by Gasteiger charge is -2.21. The van der Waals surface area contributed by atoms with E-state index in [9.17, 15) is 9.18 Å². The van der Waals surface area contributed by atoms with Gasteiger partial charge in [-0.2, -0.15) is 0 Å². The molecule has 1 saturated heterocycles. The second-order valence-corrected chi connectivity index (χ2v) is 5.89. The maximum atomic E-state index is 13.9. The summed E-state index contributed by atoms with van der Waals surface area (Å²) in [5.41, 5.74) is 2.96. The Morgan fingerprint density at radius 2 is 2.33 bits per heavy atom. The molecule has 2 rings (SSSR count). The van der Waals surface area contributed by atoms with Crippen LogP contribution in [0.2, 0.25) is 0 Å². The van der Waals surface area contributed by atoms with Crippen molar-refractivity contribution in [2.45, 2.75) is 13.0 Å². The van der Waals surface area contributed by atoms with Crippen LogP contribution < -0.4 is 11.3 Å². The molecule has 0 bridgehead atoms. The summed E-state index contributed by atoms with van der Waals surface area (Å²) in [7, 11) is 4.10. The van der Waals surface area contributed by atoms with Crippen molar-refractivity contribution in [3.63, 3.8) is 0 Å². The van der Waals surface area contributed by atoms with E-state index in [1.54, 1.807) is 6.07 Å². The number of nitrogens with zero attached hydrogens (tertiary/aromatic N) is 2. The van der Waals surface area contributed by atoms with E-state index in [-0.39, 0.29) is 5.82 Å². The number of hydrazine groups is 1.